The van der Waals surface area contributed by atoms with Gasteiger partial charge in [-0.15, -0.1) is 0 Å². The normalized spacial score (nSPS) is 14.6. The van der Waals surface area contributed by atoms with Gasteiger partial charge in [-0.2, -0.15) is 5.10 Å². The molecule has 0 saturated heterocycles. The van der Waals surface area contributed by atoms with Crippen molar-refractivity contribution >= 4 is 11.9 Å². The number of rotatable bonds is 1. The zero-order chi connectivity index (χ0) is 13.6. The molecule has 8 heteroatoms. The fourth-order valence-corrected chi connectivity index (χ4v) is 2.43. The van der Waals surface area contributed by atoms with Gasteiger partial charge in [0.2, 0.25) is 0 Å². The molecule has 100 valence electrons. The van der Waals surface area contributed by atoms with Gasteiger partial charge in [0.1, 0.15) is 0 Å². The maximum absolute atomic E-state index is 12.7. The SMILES string of the molecule is Cc1nn(C)c(C)c1C(=O)N1CCCn2nnnc21. The van der Waals surface area contributed by atoms with Crippen LogP contribution >= 0.6 is 0 Å². The van der Waals surface area contributed by atoms with Crippen molar-refractivity contribution in [1.29, 1.82) is 0 Å². The second-order valence-corrected chi connectivity index (χ2v) is 4.68. The Morgan fingerprint density at radius 2 is 2.05 bits per heavy atom. The summed E-state index contributed by atoms with van der Waals surface area (Å²) in [5.74, 6) is 0.428. The first kappa shape index (κ1) is 11.8. The van der Waals surface area contributed by atoms with E-state index in [-0.39, 0.29) is 5.91 Å². The van der Waals surface area contributed by atoms with Gasteiger partial charge in [0, 0.05) is 25.8 Å². The summed E-state index contributed by atoms with van der Waals surface area (Å²) in [4.78, 5) is 14.3. The van der Waals surface area contributed by atoms with Crippen LogP contribution in [0.2, 0.25) is 0 Å². The van der Waals surface area contributed by atoms with Crippen molar-refractivity contribution in [2.45, 2.75) is 26.8 Å². The van der Waals surface area contributed by atoms with Crippen LogP contribution in [0, 0.1) is 13.8 Å². The number of anilines is 1. The Kier molecular flexibility index (Phi) is 2.58. The Morgan fingerprint density at radius 1 is 1.26 bits per heavy atom. The van der Waals surface area contributed by atoms with Crippen LogP contribution in [0.4, 0.5) is 5.95 Å². The summed E-state index contributed by atoms with van der Waals surface area (Å²) in [6.45, 7) is 5.11. The second kappa shape index (κ2) is 4.15. The average Bonchev–Trinajstić information content (AvgIpc) is 2.94. The van der Waals surface area contributed by atoms with E-state index in [9.17, 15) is 4.79 Å². The highest BCUT2D eigenvalue weighted by Crippen LogP contribution is 2.21. The first-order chi connectivity index (χ1) is 9.09. The standard InChI is InChI=1S/C11H15N7O/c1-7-9(8(2)16(3)13-7)10(19)17-5-4-6-18-11(17)12-14-15-18/h4-6H2,1-3H3. The minimum Gasteiger partial charge on any atom is -0.275 e. The molecule has 3 heterocycles. The lowest BCUT2D eigenvalue weighted by Gasteiger charge is -2.25. The quantitative estimate of drug-likeness (QED) is 0.725. The van der Waals surface area contributed by atoms with Crippen molar-refractivity contribution in [3.63, 3.8) is 0 Å². The molecule has 1 amide bonds. The van der Waals surface area contributed by atoms with Crippen LogP contribution in [-0.2, 0) is 13.6 Å². The van der Waals surface area contributed by atoms with Crippen LogP contribution in [0.15, 0.2) is 0 Å². The molecule has 0 spiro atoms. The van der Waals surface area contributed by atoms with Gasteiger partial charge in [-0.25, -0.2) is 4.68 Å². The van der Waals surface area contributed by atoms with E-state index >= 15 is 0 Å². The van der Waals surface area contributed by atoms with Crippen LogP contribution in [0.1, 0.15) is 28.2 Å². The third kappa shape index (κ3) is 1.71. The van der Waals surface area contributed by atoms with Crippen molar-refractivity contribution in [1.82, 2.24) is 30.0 Å². The molecule has 1 aliphatic rings. The highest BCUT2D eigenvalue weighted by molar-refractivity contribution is 6.06. The van der Waals surface area contributed by atoms with Gasteiger partial charge in [0.05, 0.1) is 11.3 Å². The van der Waals surface area contributed by atoms with Crippen LogP contribution in [0.5, 0.6) is 0 Å². The van der Waals surface area contributed by atoms with E-state index in [2.05, 4.69) is 20.6 Å². The van der Waals surface area contributed by atoms with E-state index < -0.39 is 0 Å². The molecule has 19 heavy (non-hydrogen) atoms. The molecule has 1 aliphatic heterocycles. The van der Waals surface area contributed by atoms with Gasteiger partial charge < -0.3 is 0 Å². The molecule has 2 aromatic heterocycles. The number of aromatic nitrogens is 6. The molecule has 0 radical (unpaired) electrons. The molecule has 2 aromatic rings. The van der Waals surface area contributed by atoms with Crippen molar-refractivity contribution in [3.8, 4) is 0 Å². The maximum Gasteiger partial charge on any atom is 0.264 e. The molecular formula is C11H15N7O. The number of nitrogens with zero attached hydrogens (tertiary/aromatic N) is 7. The molecule has 0 atom stereocenters. The lowest BCUT2D eigenvalue weighted by atomic mass is 10.1. The number of hydrogen-bond donors (Lipinski definition) is 0. The zero-order valence-corrected chi connectivity index (χ0v) is 11.2. The average molecular weight is 261 g/mol. The van der Waals surface area contributed by atoms with Gasteiger partial charge >= 0.3 is 0 Å². The summed E-state index contributed by atoms with van der Waals surface area (Å²) < 4.78 is 3.37. The molecule has 0 fully saturated rings. The van der Waals surface area contributed by atoms with Gasteiger partial charge in [-0.1, -0.05) is 5.10 Å². The Balaban J connectivity index is 2.03. The van der Waals surface area contributed by atoms with Gasteiger partial charge in [-0.05, 0) is 30.7 Å². The van der Waals surface area contributed by atoms with E-state index in [1.807, 2.05) is 20.9 Å². The lowest BCUT2D eigenvalue weighted by Crippen LogP contribution is -2.38. The number of aryl methyl sites for hydroxylation is 3. The van der Waals surface area contributed by atoms with Gasteiger partial charge in [0.25, 0.3) is 11.9 Å². The Bertz CT molecular complexity index is 642. The number of hydrogen-bond acceptors (Lipinski definition) is 5. The monoisotopic (exact) mass is 261 g/mol. The van der Waals surface area contributed by atoms with E-state index in [1.165, 1.54) is 0 Å². The summed E-state index contributed by atoms with van der Waals surface area (Å²) in [5.41, 5.74) is 2.22. The molecule has 0 bridgehead atoms. The predicted octanol–water partition coefficient (Wildman–Crippen LogP) is 0.0739. The Labute approximate surface area is 110 Å². The molecule has 0 aliphatic carbocycles. The summed E-state index contributed by atoms with van der Waals surface area (Å²) in [7, 11) is 1.83. The summed E-state index contributed by atoms with van der Waals surface area (Å²) in [5, 5.41) is 15.7. The largest absolute Gasteiger partial charge is 0.275 e. The van der Waals surface area contributed by atoms with E-state index in [0.717, 1.165) is 24.4 Å². The predicted molar refractivity (Wildman–Crippen MR) is 66.8 cm³/mol. The minimum atomic E-state index is -0.0844. The van der Waals surface area contributed by atoms with Crippen molar-refractivity contribution in [2.24, 2.45) is 7.05 Å². The highest BCUT2D eigenvalue weighted by Gasteiger charge is 2.29. The second-order valence-electron chi connectivity index (χ2n) is 4.68. The van der Waals surface area contributed by atoms with Crippen molar-refractivity contribution in [3.05, 3.63) is 17.0 Å². The number of tetrazole rings is 1. The molecule has 3 rings (SSSR count). The smallest absolute Gasteiger partial charge is 0.264 e. The molecule has 0 N–H and O–H groups in total. The first-order valence-corrected chi connectivity index (χ1v) is 6.18. The number of fused-ring (bicyclic) bond motifs is 1. The number of carbonyl (C=O) groups excluding carboxylic acids is 1. The van der Waals surface area contributed by atoms with E-state index in [4.69, 9.17) is 0 Å². The van der Waals surface area contributed by atoms with E-state index in [0.29, 0.717) is 18.1 Å². The molecular weight excluding hydrogens is 246 g/mol. The first-order valence-electron chi connectivity index (χ1n) is 6.18. The third-order valence-corrected chi connectivity index (χ3v) is 3.47. The molecule has 0 aromatic carbocycles. The van der Waals surface area contributed by atoms with Crippen LogP contribution < -0.4 is 4.90 Å². The van der Waals surface area contributed by atoms with Crippen molar-refractivity contribution < 1.29 is 4.79 Å². The number of amides is 1. The lowest BCUT2D eigenvalue weighted by molar-refractivity contribution is 0.0979. The zero-order valence-electron chi connectivity index (χ0n) is 11.2. The molecule has 8 nitrogen and oxygen atoms in total. The van der Waals surface area contributed by atoms with Gasteiger partial charge in [-0.3, -0.25) is 14.4 Å². The summed E-state index contributed by atoms with van der Waals surface area (Å²) in [6.07, 6.45) is 0.849. The van der Waals surface area contributed by atoms with E-state index in [1.54, 1.807) is 14.3 Å². The Morgan fingerprint density at radius 3 is 2.74 bits per heavy atom. The topological polar surface area (TPSA) is 81.7 Å². The van der Waals surface area contributed by atoms with Crippen LogP contribution in [0.25, 0.3) is 0 Å². The highest BCUT2D eigenvalue weighted by atomic mass is 16.2. The fourth-order valence-electron chi connectivity index (χ4n) is 2.43. The Hall–Kier alpha value is -2.25. The van der Waals surface area contributed by atoms with Crippen molar-refractivity contribution in [2.75, 3.05) is 11.4 Å². The van der Waals surface area contributed by atoms with Gasteiger partial charge in [0.15, 0.2) is 0 Å². The fraction of sp³-hybridized carbons (Fsp3) is 0.545. The summed E-state index contributed by atoms with van der Waals surface area (Å²) in [6, 6.07) is 0. The molecule has 0 unspecified atom stereocenters. The minimum absolute atomic E-state index is 0.0844. The van der Waals surface area contributed by atoms with Crippen LogP contribution in [-0.4, -0.2) is 42.4 Å². The number of carbonyl (C=O) groups is 1. The molecule has 0 saturated carbocycles. The summed E-state index contributed by atoms with van der Waals surface area (Å²) >= 11 is 0. The third-order valence-electron chi connectivity index (χ3n) is 3.47. The van der Waals surface area contributed by atoms with Crippen LogP contribution in [0.3, 0.4) is 0 Å². The maximum atomic E-state index is 12.7.